The smallest absolute Gasteiger partial charge is 0.240 e. The summed E-state index contributed by atoms with van der Waals surface area (Å²) in [6.45, 7) is 3.70. The first kappa shape index (κ1) is 12.5. The maximum Gasteiger partial charge on any atom is 0.240 e. The van der Waals surface area contributed by atoms with E-state index in [-0.39, 0.29) is 11.9 Å². The number of likely N-dealkylation sites (N-methyl/N-ethyl adjacent to an activating group) is 1. The molecule has 4 nitrogen and oxygen atoms in total. The Kier molecular flexibility index (Phi) is 4.12. The van der Waals surface area contributed by atoms with Crippen molar-refractivity contribution in [1.29, 1.82) is 0 Å². The van der Waals surface area contributed by atoms with Gasteiger partial charge < -0.3 is 10.2 Å². The SMILES string of the molecule is CNC1CC(C)CCN(Cc2cscn2)C1=O. The van der Waals surface area contributed by atoms with Crippen molar-refractivity contribution < 1.29 is 4.79 Å². The Balaban J connectivity index is 2.07. The van der Waals surface area contributed by atoms with E-state index in [0.717, 1.165) is 25.1 Å². The fourth-order valence-electron chi connectivity index (χ4n) is 2.24. The van der Waals surface area contributed by atoms with Gasteiger partial charge in [0.05, 0.1) is 23.8 Å². The second-order valence-electron chi connectivity index (χ2n) is 4.71. The molecule has 2 atom stereocenters. The molecule has 1 aromatic heterocycles. The van der Waals surface area contributed by atoms with Gasteiger partial charge in [-0.05, 0) is 25.8 Å². The second kappa shape index (κ2) is 5.60. The molecular formula is C12H19N3OS. The highest BCUT2D eigenvalue weighted by molar-refractivity contribution is 7.07. The van der Waals surface area contributed by atoms with Crippen LogP contribution in [0.1, 0.15) is 25.5 Å². The number of hydrogen-bond donors (Lipinski definition) is 1. The molecule has 2 unspecified atom stereocenters. The predicted molar refractivity (Wildman–Crippen MR) is 68.8 cm³/mol. The molecule has 2 heterocycles. The number of carbonyl (C=O) groups excluding carboxylic acids is 1. The molecule has 1 amide bonds. The van der Waals surface area contributed by atoms with Crippen molar-refractivity contribution in [3.05, 3.63) is 16.6 Å². The number of aromatic nitrogens is 1. The Morgan fingerprint density at radius 3 is 3.12 bits per heavy atom. The number of rotatable bonds is 3. The summed E-state index contributed by atoms with van der Waals surface area (Å²) in [6.07, 6.45) is 2.01. The zero-order valence-corrected chi connectivity index (χ0v) is 11.2. The third-order valence-electron chi connectivity index (χ3n) is 3.32. The zero-order chi connectivity index (χ0) is 12.3. The monoisotopic (exact) mass is 253 g/mol. The summed E-state index contributed by atoms with van der Waals surface area (Å²) in [5.74, 6) is 0.807. The van der Waals surface area contributed by atoms with Crippen LogP contribution in [0.15, 0.2) is 10.9 Å². The van der Waals surface area contributed by atoms with Crippen LogP contribution < -0.4 is 5.32 Å². The van der Waals surface area contributed by atoms with Gasteiger partial charge in [-0.3, -0.25) is 4.79 Å². The minimum absolute atomic E-state index is 0.0360. The van der Waals surface area contributed by atoms with Crippen LogP contribution >= 0.6 is 11.3 Å². The van der Waals surface area contributed by atoms with E-state index in [1.807, 2.05) is 22.8 Å². The lowest BCUT2D eigenvalue weighted by atomic mass is 10.0. The number of amides is 1. The van der Waals surface area contributed by atoms with Crippen LogP contribution in [0.3, 0.4) is 0 Å². The normalized spacial score (nSPS) is 26.0. The Bertz CT molecular complexity index is 366. The topological polar surface area (TPSA) is 45.2 Å². The van der Waals surface area contributed by atoms with E-state index < -0.39 is 0 Å². The van der Waals surface area contributed by atoms with Crippen molar-refractivity contribution in [2.75, 3.05) is 13.6 Å². The van der Waals surface area contributed by atoms with Crippen LogP contribution in [-0.4, -0.2) is 35.4 Å². The van der Waals surface area contributed by atoms with Crippen molar-refractivity contribution in [3.8, 4) is 0 Å². The minimum atomic E-state index is -0.0360. The van der Waals surface area contributed by atoms with E-state index in [2.05, 4.69) is 17.2 Å². The van der Waals surface area contributed by atoms with Gasteiger partial charge in [0.2, 0.25) is 5.91 Å². The fourth-order valence-corrected chi connectivity index (χ4v) is 2.79. The van der Waals surface area contributed by atoms with Crippen molar-refractivity contribution in [1.82, 2.24) is 15.2 Å². The standard InChI is InChI=1S/C12H19N3OS/c1-9-3-4-15(6-10-7-17-8-14-10)12(16)11(5-9)13-2/h7-9,11,13H,3-6H2,1-2H3. The first-order chi connectivity index (χ1) is 8.20. The molecule has 1 fully saturated rings. The Morgan fingerprint density at radius 2 is 2.47 bits per heavy atom. The highest BCUT2D eigenvalue weighted by Crippen LogP contribution is 2.19. The lowest BCUT2D eigenvalue weighted by Gasteiger charge is -2.23. The molecule has 1 aliphatic rings. The third-order valence-corrected chi connectivity index (χ3v) is 3.96. The molecule has 1 aromatic rings. The van der Waals surface area contributed by atoms with Gasteiger partial charge in [-0.1, -0.05) is 6.92 Å². The highest BCUT2D eigenvalue weighted by Gasteiger charge is 2.28. The Labute approximate surface area is 106 Å². The minimum Gasteiger partial charge on any atom is -0.335 e. The van der Waals surface area contributed by atoms with Crippen molar-refractivity contribution in [2.45, 2.75) is 32.4 Å². The summed E-state index contributed by atoms with van der Waals surface area (Å²) in [5, 5.41) is 5.13. The molecule has 1 N–H and O–H groups in total. The van der Waals surface area contributed by atoms with Gasteiger partial charge in [-0.2, -0.15) is 0 Å². The summed E-state index contributed by atoms with van der Waals surface area (Å²) in [5.41, 5.74) is 2.81. The molecule has 17 heavy (non-hydrogen) atoms. The molecule has 0 bridgehead atoms. The molecule has 1 aliphatic heterocycles. The van der Waals surface area contributed by atoms with E-state index in [1.165, 1.54) is 0 Å². The molecule has 0 aromatic carbocycles. The second-order valence-corrected chi connectivity index (χ2v) is 5.43. The molecule has 94 valence electrons. The molecule has 0 radical (unpaired) electrons. The number of likely N-dealkylation sites (tertiary alicyclic amines) is 1. The van der Waals surface area contributed by atoms with E-state index in [4.69, 9.17) is 0 Å². The lowest BCUT2D eigenvalue weighted by Crippen LogP contribution is -2.43. The van der Waals surface area contributed by atoms with Crippen LogP contribution in [0.2, 0.25) is 0 Å². The van der Waals surface area contributed by atoms with Gasteiger partial charge in [0.25, 0.3) is 0 Å². The van der Waals surface area contributed by atoms with Gasteiger partial charge >= 0.3 is 0 Å². The molecule has 0 spiro atoms. The zero-order valence-electron chi connectivity index (χ0n) is 10.3. The van der Waals surface area contributed by atoms with Gasteiger partial charge in [0.1, 0.15) is 0 Å². The third kappa shape index (κ3) is 3.04. The molecular weight excluding hydrogens is 234 g/mol. The van der Waals surface area contributed by atoms with Crippen LogP contribution in [-0.2, 0) is 11.3 Å². The summed E-state index contributed by atoms with van der Waals surface area (Å²) in [4.78, 5) is 18.5. The van der Waals surface area contributed by atoms with E-state index in [0.29, 0.717) is 12.5 Å². The maximum atomic E-state index is 12.3. The number of nitrogens with one attached hydrogen (secondary N) is 1. The summed E-state index contributed by atoms with van der Waals surface area (Å²) in [6, 6.07) is -0.0360. The molecule has 1 saturated heterocycles. The van der Waals surface area contributed by atoms with Gasteiger partial charge in [-0.25, -0.2) is 4.98 Å². The Morgan fingerprint density at radius 1 is 1.65 bits per heavy atom. The van der Waals surface area contributed by atoms with Crippen LogP contribution in [0.25, 0.3) is 0 Å². The van der Waals surface area contributed by atoms with Gasteiger partial charge in [0, 0.05) is 11.9 Å². The Hall–Kier alpha value is -0.940. The van der Waals surface area contributed by atoms with Crippen LogP contribution in [0.5, 0.6) is 0 Å². The fraction of sp³-hybridized carbons (Fsp3) is 0.667. The average molecular weight is 253 g/mol. The molecule has 0 aliphatic carbocycles. The summed E-state index contributed by atoms with van der Waals surface area (Å²) in [7, 11) is 1.86. The predicted octanol–water partition coefficient (Wildman–Crippen LogP) is 1.49. The van der Waals surface area contributed by atoms with Crippen LogP contribution in [0, 0.1) is 5.92 Å². The summed E-state index contributed by atoms with van der Waals surface area (Å²) < 4.78 is 0. The first-order valence-corrected chi connectivity index (χ1v) is 6.98. The highest BCUT2D eigenvalue weighted by atomic mass is 32.1. The number of hydrogen-bond acceptors (Lipinski definition) is 4. The van der Waals surface area contributed by atoms with Gasteiger partial charge in [-0.15, -0.1) is 11.3 Å². The lowest BCUT2D eigenvalue weighted by molar-refractivity contribution is -0.133. The molecule has 5 heteroatoms. The number of carbonyl (C=O) groups is 1. The van der Waals surface area contributed by atoms with E-state index in [9.17, 15) is 4.79 Å². The van der Waals surface area contributed by atoms with Crippen molar-refractivity contribution >= 4 is 17.2 Å². The average Bonchev–Trinajstić information content (AvgIpc) is 2.78. The van der Waals surface area contributed by atoms with Crippen molar-refractivity contribution in [2.24, 2.45) is 5.92 Å². The van der Waals surface area contributed by atoms with E-state index in [1.54, 1.807) is 11.3 Å². The number of thiazole rings is 1. The van der Waals surface area contributed by atoms with Crippen LogP contribution in [0.4, 0.5) is 0 Å². The number of nitrogens with zero attached hydrogens (tertiary/aromatic N) is 2. The largest absolute Gasteiger partial charge is 0.335 e. The summed E-state index contributed by atoms with van der Waals surface area (Å²) >= 11 is 1.58. The first-order valence-electron chi connectivity index (χ1n) is 6.04. The van der Waals surface area contributed by atoms with Gasteiger partial charge in [0.15, 0.2) is 0 Å². The molecule has 0 saturated carbocycles. The maximum absolute atomic E-state index is 12.3. The molecule has 2 rings (SSSR count). The quantitative estimate of drug-likeness (QED) is 0.887. The van der Waals surface area contributed by atoms with Crippen molar-refractivity contribution in [3.63, 3.8) is 0 Å². The van der Waals surface area contributed by atoms with E-state index >= 15 is 0 Å².